The highest BCUT2D eigenvalue weighted by Crippen LogP contribution is 2.26. The lowest BCUT2D eigenvalue weighted by Gasteiger charge is -2.09. The van der Waals surface area contributed by atoms with E-state index in [1.165, 1.54) is 3.57 Å². The van der Waals surface area contributed by atoms with Gasteiger partial charge in [0.15, 0.2) is 11.6 Å². The third-order valence-corrected chi connectivity index (χ3v) is 5.26. The molecule has 4 rings (SSSR count). The summed E-state index contributed by atoms with van der Waals surface area (Å²) in [6.07, 6.45) is 0. The van der Waals surface area contributed by atoms with Crippen molar-refractivity contribution in [1.29, 1.82) is 0 Å². The van der Waals surface area contributed by atoms with Gasteiger partial charge in [-0.25, -0.2) is 9.97 Å². The normalized spacial score (nSPS) is 11.5. The minimum atomic E-state index is 0.635. The Kier molecular flexibility index (Phi) is 5.71. The second kappa shape index (κ2) is 8.57. The van der Waals surface area contributed by atoms with Gasteiger partial charge in [-0.2, -0.15) is 5.10 Å². The highest BCUT2D eigenvalue weighted by molar-refractivity contribution is 14.1. The Morgan fingerprint density at radius 3 is 2.38 bits per heavy atom. The summed E-state index contributed by atoms with van der Waals surface area (Å²) < 4.78 is 6.43. The fourth-order valence-corrected chi connectivity index (χ4v) is 3.28. The second-order valence-electron chi connectivity index (χ2n) is 6.46. The number of hydrogen-bond acceptors (Lipinski definition) is 5. The number of halogens is 1. The van der Waals surface area contributed by atoms with Crippen LogP contribution in [0, 0.1) is 3.57 Å². The molecule has 0 aliphatic carbocycles. The number of para-hydroxylation sites is 1. The number of hydrogen-bond donors (Lipinski definition) is 1. The zero-order chi connectivity index (χ0) is 20.2. The van der Waals surface area contributed by atoms with Crippen LogP contribution in [-0.2, 0) is 0 Å². The fraction of sp³-hybridized carbons (Fsp3) is 0.0870. The lowest BCUT2D eigenvalue weighted by atomic mass is 10.1. The van der Waals surface area contributed by atoms with Gasteiger partial charge in [-0.3, -0.25) is 5.43 Å². The summed E-state index contributed by atoms with van der Waals surface area (Å²) in [6.45, 7) is 1.98. The van der Waals surface area contributed by atoms with Gasteiger partial charge < -0.3 is 4.74 Å². The highest BCUT2D eigenvalue weighted by atomic mass is 127. The third-order valence-electron chi connectivity index (χ3n) is 4.54. The zero-order valence-electron chi connectivity index (χ0n) is 16.1. The molecule has 0 saturated heterocycles. The van der Waals surface area contributed by atoms with Crippen molar-refractivity contribution in [2.24, 2.45) is 5.10 Å². The first-order valence-corrected chi connectivity index (χ1v) is 10.2. The first-order chi connectivity index (χ1) is 14.1. The van der Waals surface area contributed by atoms with Crippen molar-refractivity contribution in [3.8, 4) is 17.1 Å². The number of ether oxygens (including phenoxy) is 1. The van der Waals surface area contributed by atoms with Crippen molar-refractivity contribution in [3.05, 3.63) is 81.9 Å². The Labute approximate surface area is 183 Å². The molecule has 1 heterocycles. The van der Waals surface area contributed by atoms with Crippen molar-refractivity contribution in [3.63, 3.8) is 0 Å². The number of methoxy groups -OCH3 is 1. The molecule has 1 aromatic heterocycles. The van der Waals surface area contributed by atoms with E-state index in [1.807, 2.05) is 55.5 Å². The summed E-state index contributed by atoms with van der Waals surface area (Å²) in [7, 11) is 1.65. The summed E-state index contributed by atoms with van der Waals surface area (Å²) in [6, 6.07) is 23.9. The van der Waals surface area contributed by atoms with E-state index in [4.69, 9.17) is 14.7 Å². The average Bonchev–Trinajstić information content (AvgIpc) is 2.77. The number of nitrogens with one attached hydrogen (secondary N) is 1. The van der Waals surface area contributed by atoms with Crippen LogP contribution in [0.4, 0.5) is 5.82 Å². The van der Waals surface area contributed by atoms with Gasteiger partial charge in [-0.15, -0.1) is 0 Å². The minimum absolute atomic E-state index is 0.635. The Morgan fingerprint density at radius 2 is 1.66 bits per heavy atom. The maximum absolute atomic E-state index is 5.24. The van der Waals surface area contributed by atoms with Crippen molar-refractivity contribution in [2.75, 3.05) is 12.5 Å². The van der Waals surface area contributed by atoms with Crippen molar-refractivity contribution in [2.45, 2.75) is 6.92 Å². The molecule has 0 spiro atoms. The van der Waals surface area contributed by atoms with Crippen LogP contribution in [0.15, 0.2) is 77.9 Å². The molecular weight excluding hydrogens is 475 g/mol. The van der Waals surface area contributed by atoms with Crippen molar-refractivity contribution in [1.82, 2.24) is 9.97 Å². The van der Waals surface area contributed by atoms with Gasteiger partial charge in [0.25, 0.3) is 0 Å². The second-order valence-corrected chi connectivity index (χ2v) is 7.70. The molecule has 144 valence electrons. The van der Waals surface area contributed by atoms with E-state index < -0.39 is 0 Å². The highest BCUT2D eigenvalue weighted by Gasteiger charge is 2.09. The average molecular weight is 494 g/mol. The number of anilines is 1. The number of fused-ring (bicyclic) bond motifs is 1. The van der Waals surface area contributed by atoms with Crippen LogP contribution in [0.5, 0.6) is 5.75 Å². The summed E-state index contributed by atoms with van der Waals surface area (Å²) in [5, 5.41) is 5.48. The quantitative estimate of drug-likeness (QED) is 0.218. The molecular formula is C23H19IN4O. The number of nitrogens with zero attached hydrogens (tertiary/aromatic N) is 3. The molecule has 1 N–H and O–H groups in total. The summed E-state index contributed by atoms with van der Waals surface area (Å²) in [5.41, 5.74) is 6.86. The topological polar surface area (TPSA) is 59.4 Å². The molecule has 5 nitrogen and oxygen atoms in total. The van der Waals surface area contributed by atoms with E-state index in [0.717, 1.165) is 33.5 Å². The molecule has 4 aromatic rings. The Hall–Kier alpha value is -3.00. The van der Waals surface area contributed by atoms with Gasteiger partial charge >= 0.3 is 0 Å². The third kappa shape index (κ3) is 4.37. The summed E-state index contributed by atoms with van der Waals surface area (Å²) in [4.78, 5) is 9.45. The first-order valence-electron chi connectivity index (χ1n) is 9.11. The molecule has 0 unspecified atom stereocenters. The fourth-order valence-electron chi connectivity index (χ4n) is 2.92. The van der Waals surface area contributed by atoms with E-state index in [-0.39, 0.29) is 0 Å². The molecule has 6 heteroatoms. The molecule has 0 saturated carbocycles. The number of aromatic nitrogens is 2. The van der Waals surface area contributed by atoms with Gasteiger partial charge in [0.2, 0.25) is 0 Å². The monoisotopic (exact) mass is 494 g/mol. The van der Waals surface area contributed by atoms with E-state index in [0.29, 0.717) is 11.6 Å². The Balaban J connectivity index is 1.72. The first kappa shape index (κ1) is 19.3. The number of benzene rings is 3. The zero-order valence-corrected chi connectivity index (χ0v) is 18.2. The SMILES string of the molecule is COc1ccc(-c2nc(NN=C(C)c3ccc(I)cc3)c3ccccc3n2)cc1. The largest absolute Gasteiger partial charge is 0.497 e. The predicted molar refractivity (Wildman–Crippen MR) is 127 cm³/mol. The van der Waals surface area contributed by atoms with E-state index in [1.54, 1.807) is 7.11 Å². The molecule has 0 atom stereocenters. The van der Waals surface area contributed by atoms with Crippen LogP contribution in [0.3, 0.4) is 0 Å². The lowest BCUT2D eigenvalue weighted by molar-refractivity contribution is 0.415. The van der Waals surface area contributed by atoms with Gasteiger partial charge in [0.05, 0.1) is 18.3 Å². The Morgan fingerprint density at radius 1 is 0.931 bits per heavy atom. The van der Waals surface area contributed by atoms with Crippen LogP contribution < -0.4 is 10.2 Å². The van der Waals surface area contributed by atoms with E-state index in [2.05, 4.69) is 57.4 Å². The van der Waals surface area contributed by atoms with Gasteiger partial charge in [0, 0.05) is 14.5 Å². The van der Waals surface area contributed by atoms with Crippen LogP contribution in [0.2, 0.25) is 0 Å². The minimum Gasteiger partial charge on any atom is -0.497 e. The number of hydrazone groups is 1. The van der Waals surface area contributed by atoms with Gasteiger partial charge in [-0.05, 0) is 83.6 Å². The van der Waals surface area contributed by atoms with Crippen LogP contribution in [-0.4, -0.2) is 22.8 Å². The van der Waals surface area contributed by atoms with Gasteiger partial charge in [-0.1, -0.05) is 24.3 Å². The standard InChI is InChI=1S/C23H19IN4O/c1-15(16-7-11-18(24)12-8-16)27-28-23-20-5-3-4-6-21(20)25-22(26-23)17-9-13-19(29-2)14-10-17/h3-14H,1-2H3,(H,25,26,28). The van der Waals surface area contributed by atoms with Gasteiger partial charge in [0.1, 0.15) is 5.75 Å². The van der Waals surface area contributed by atoms with Crippen LogP contribution in [0.25, 0.3) is 22.3 Å². The lowest BCUT2D eigenvalue weighted by Crippen LogP contribution is -2.03. The van der Waals surface area contributed by atoms with Crippen LogP contribution in [0.1, 0.15) is 12.5 Å². The molecule has 0 fully saturated rings. The molecule has 0 amide bonds. The van der Waals surface area contributed by atoms with Crippen molar-refractivity contribution < 1.29 is 4.74 Å². The smallest absolute Gasteiger partial charge is 0.162 e. The molecule has 0 radical (unpaired) electrons. The number of rotatable bonds is 5. The summed E-state index contributed by atoms with van der Waals surface area (Å²) >= 11 is 2.29. The maximum atomic E-state index is 5.24. The molecule has 0 bridgehead atoms. The van der Waals surface area contributed by atoms with Crippen molar-refractivity contribution >= 4 is 45.0 Å². The maximum Gasteiger partial charge on any atom is 0.162 e. The molecule has 29 heavy (non-hydrogen) atoms. The summed E-state index contributed by atoms with van der Waals surface area (Å²) in [5.74, 6) is 2.10. The Bertz CT molecular complexity index is 1170. The molecule has 3 aromatic carbocycles. The predicted octanol–water partition coefficient (Wildman–Crippen LogP) is 5.75. The van der Waals surface area contributed by atoms with E-state index >= 15 is 0 Å². The van der Waals surface area contributed by atoms with E-state index in [9.17, 15) is 0 Å². The molecule has 0 aliphatic rings. The van der Waals surface area contributed by atoms with Crippen LogP contribution >= 0.6 is 22.6 Å². The molecule has 0 aliphatic heterocycles.